The molecule has 0 spiro atoms. The molecule has 4 nitrogen and oxygen atoms in total. The van der Waals surface area contributed by atoms with Crippen molar-refractivity contribution in [2.45, 2.75) is 0 Å². The number of nitriles is 1. The highest BCUT2D eigenvalue weighted by Crippen LogP contribution is 2.23. The van der Waals surface area contributed by atoms with E-state index in [1.807, 2.05) is 0 Å². The van der Waals surface area contributed by atoms with Crippen LogP contribution in [0.25, 0.3) is 17.0 Å². The molecule has 17 heavy (non-hydrogen) atoms. The Hall–Kier alpha value is -2.61. The molecule has 0 saturated heterocycles. The molecule has 2 rings (SSSR count). The van der Waals surface area contributed by atoms with Crippen LogP contribution in [0.1, 0.15) is 5.56 Å². The molecular formula is C12H7FN2O2. The second kappa shape index (κ2) is 4.10. The zero-order valence-electron chi connectivity index (χ0n) is 8.57. The van der Waals surface area contributed by atoms with E-state index >= 15 is 0 Å². The Labute approximate surface area is 95.6 Å². The zero-order chi connectivity index (χ0) is 12.4. The summed E-state index contributed by atoms with van der Waals surface area (Å²) in [6, 6.07) is 6.04. The van der Waals surface area contributed by atoms with Crippen LogP contribution in [0, 0.1) is 17.1 Å². The van der Waals surface area contributed by atoms with Gasteiger partial charge in [0.15, 0.2) is 0 Å². The molecule has 0 bridgehead atoms. The van der Waals surface area contributed by atoms with Crippen molar-refractivity contribution < 1.29 is 14.3 Å². The second-order valence-electron chi connectivity index (χ2n) is 3.38. The number of nitrogens with zero attached hydrogens (tertiary/aromatic N) is 1. The number of rotatable bonds is 2. The summed E-state index contributed by atoms with van der Waals surface area (Å²) >= 11 is 0. The van der Waals surface area contributed by atoms with E-state index in [4.69, 9.17) is 10.4 Å². The summed E-state index contributed by atoms with van der Waals surface area (Å²) in [6.45, 7) is 0. The van der Waals surface area contributed by atoms with E-state index in [0.717, 1.165) is 6.08 Å². The highest BCUT2D eigenvalue weighted by Gasteiger charge is 2.10. The lowest BCUT2D eigenvalue weighted by Crippen LogP contribution is -1.97. The van der Waals surface area contributed by atoms with Crippen LogP contribution in [0.4, 0.5) is 4.39 Å². The molecule has 84 valence electrons. The SMILES string of the molecule is N#C/C(=C\c1c[nH]c2cccc(F)c12)C(=O)O. The molecular weight excluding hydrogens is 223 g/mol. The van der Waals surface area contributed by atoms with E-state index in [-0.39, 0.29) is 5.39 Å². The third kappa shape index (κ3) is 1.88. The summed E-state index contributed by atoms with van der Waals surface area (Å²) in [5.74, 6) is -1.80. The third-order valence-corrected chi connectivity index (χ3v) is 2.34. The van der Waals surface area contributed by atoms with Crippen molar-refractivity contribution in [3.8, 4) is 6.07 Å². The first-order valence-corrected chi connectivity index (χ1v) is 4.74. The maximum absolute atomic E-state index is 13.6. The van der Waals surface area contributed by atoms with Gasteiger partial charge in [0.05, 0.1) is 0 Å². The normalized spacial score (nSPS) is 11.4. The molecule has 0 aliphatic heterocycles. The number of carboxylic acid groups (broad SMARTS) is 1. The number of hydrogen-bond acceptors (Lipinski definition) is 2. The minimum atomic E-state index is -1.34. The number of benzene rings is 1. The van der Waals surface area contributed by atoms with E-state index < -0.39 is 17.4 Å². The van der Waals surface area contributed by atoms with Gasteiger partial charge in [-0.25, -0.2) is 9.18 Å². The van der Waals surface area contributed by atoms with Gasteiger partial charge in [0.1, 0.15) is 17.5 Å². The molecule has 0 atom stereocenters. The van der Waals surface area contributed by atoms with Crippen LogP contribution in [-0.4, -0.2) is 16.1 Å². The highest BCUT2D eigenvalue weighted by atomic mass is 19.1. The van der Waals surface area contributed by atoms with E-state index in [2.05, 4.69) is 4.98 Å². The van der Waals surface area contributed by atoms with Crippen LogP contribution in [0.2, 0.25) is 0 Å². The summed E-state index contributed by atoms with van der Waals surface area (Å²) in [6.07, 6.45) is 2.61. The largest absolute Gasteiger partial charge is 0.477 e. The van der Waals surface area contributed by atoms with Crippen LogP contribution < -0.4 is 0 Å². The van der Waals surface area contributed by atoms with Gasteiger partial charge in [0.25, 0.3) is 0 Å². The van der Waals surface area contributed by atoms with Gasteiger partial charge in [-0.05, 0) is 18.2 Å². The number of halogens is 1. The quantitative estimate of drug-likeness (QED) is 0.613. The fourth-order valence-electron chi connectivity index (χ4n) is 1.58. The molecule has 0 aliphatic rings. The summed E-state index contributed by atoms with van der Waals surface area (Å²) in [5, 5.41) is 17.6. The van der Waals surface area contributed by atoms with Crippen molar-refractivity contribution in [2.24, 2.45) is 0 Å². The third-order valence-electron chi connectivity index (χ3n) is 2.34. The zero-order valence-corrected chi connectivity index (χ0v) is 8.57. The first-order chi connectivity index (χ1) is 8.13. The Morgan fingerprint density at radius 1 is 1.53 bits per heavy atom. The van der Waals surface area contributed by atoms with E-state index in [1.54, 1.807) is 18.2 Å². The number of nitrogens with one attached hydrogen (secondary N) is 1. The lowest BCUT2D eigenvalue weighted by atomic mass is 10.1. The van der Waals surface area contributed by atoms with Crippen LogP contribution in [0.15, 0.2) is 30.0 Å². The Morgan fingerprint density at radius 3 is 2.94 bits per heavy atom. The van der Waals surface area contributed by atoms with Crippen molar-refractivity contribution in [3.63, 3.8) is 0 Å². The number of carboxylic acids is 1. The van der Waals surface area contributed by atoms with Gasteiger partial charge >= 0.3 is 5.97 Å². The highest BCUT2D eigenvalue weighted by molar-refractivity contribution is 6.00. The fourth-order valence-corrected chi connectivity index (χ4v) is 1.58. The number of hydrogen-bond donors (Lipinski definition) is 2. The molecule has 0 radical (unpaired) electrons. The fraction of sp³-hybridized carbons (Fsp3) is 0. The molecule has 2 N–H and O–H groups in total. The Bertz CT molecular complexity index is 665. The predicted molar refractivity (Wildman–Crippen MR) is 59.5 cm³/mol. The predicted octanol–water partition coefficient (Wildman–Crippen LogP) is 2.30. The molecule has 2 aromatic rings. The summed E-state index contributed by atoms with van der Waals surface area (Å²) < 4.78 is 13.6. The maximum Gasteiger partial charge on any atom is 0.346 e. The minimum absolute atomic E-state index is 0.279. The first kappa shape index (κ1) is 10.9. The standard InChI is InChI=1S/C12H7FN2O2/c13-9-2-1-3-10-11(9)8(6-15-10)4-7(5-14)12(16)17/h1-4,6,15H,(H,16,17)/b7-4+. The van der Waals surface area contributed by atoms with Crippen LogP contribution in [-0.2, 0) is 4.79 Å². The first-order valence-electron chi connectivity index (χ1n) is 4.74. The van der Waals surface area contributed by atoms with Crippen molar-refractivity contribution >= 4 is 22.9 Å². The molecule has 0 aliphatic carbocycles. The molecule has 1 heterocycles. The molecule has 1 aromatic heterocycles. The Morgan fingerprint density at radius 2 is 2.29 bits per heavy atom. The summed E-state index contributed by atoms with van der Waals surface area (Å²) in [4.78, 5) is 13.5. The van der Waals surface area contributed by atoms with E-state index in [0.29, 0.717) is 11.1 Å². The second-order valence-corrected chi connectivity index (χ2v) is 3.38. The molecule has 5 heteroatoms. The van der Waals surface area contributed by atoms with Gasteiger partial charge < -0.3 is 10.1 Å². The molecule has 0 unspecified atom stereocenters. The van der Waals surface area contributed by atoms with Crippen LogP contribution in [0.3, 0.4) is 0 Å². The molecule has 0 saturated carbocycles. The lowest BCUT2D eigenvalue weighted by Gasteiger charge is -1.94. The molecule has 0 fully saturated rings. The van der Waals surface area contributed by atoms with Gasteiger partial charge in [-0.15, -0.1) is 0 Å². The monoisotopic (exact) mass is 230 g/mol. The van der Waals surface area contributed by atoms with Gasteiger partial charge in [0, 0.05) is 22.7 Å². The topological polar surface area (TPSA) is 76.9 Å². The summed E-state index contributed by atoms with van der Waals surface area (Å²) in [5.41, 5.74) is 0.463. The average Bonchev–Trinajstić information content (AvgIpc) is 2.70. The van der Waals surface area contributed by atoms with Crippen molar-refractivity contribution in [2.75, 3.05) is 0 Å². The van der Waals surface area contributed by atoms with Crippen molar-refractivity contribution in [1.82, 2.24) is 4.98 Å². The van der Waals surface area contributed by atoms with E-state index in [1.165, 1.54) is 12.3 Å². The van der Waals surface area contributed by atoms with Gasteiger partial charge in [-0.2, -0.15) is 5.26 Å². The number of carbonyl (C=O) groups is 1. The summed E-state index contributed by atoms with van der Waals surface area (Å²) in [7, 11) is 0. The van der Waals surface area contributed by atoms with Gasteiger partial charge in [-0.1, -0.05) is 6.07 Å². The Balaban J connectivity index is 2.66. The van der Waals surface area contributed by atoms with Crippen LogP contribution in [0.5, 0.6) is 0 Å². The van der Waals surface area contributed by atoms with E-state index in [9.17, 15) is 9.18 Å². The minimum Gasteiger partial charge on any atom is -0.477 e. The smallest absolute Gasteiger partial charge is 0.346 e. The Kier molecular flexibility index (Phi) is 2.63. The maximum atomic E-state index is 13.6. The number of H-pyrrole nitrogens is 1. The molecule has 1 aromatic carbocycles. The van der Waals surface area contributed by atoms with Gasteiger partial charge in [-0.3, -0.25) is 0 Å². The van der Waals surface area contributed by atoms with Gasteiger partial charge in [0.2, 0.25) is 0 Å². The van der Waals surface area contributed by atoms with Crippen molar-refractivity contribution in [3.05, 3.63) is 41.3 Å². The number of aliphatic carboxylic acids is 1. The lowest BCUT2D eigenvalue weighted by molar-refractivity contribution is -0.132. The average molecular weight is 230 g/mol. The number of aromatic nitrogens is 1. The number of fused-ring (bicyclic) bond motifs is 1. The number of aromatic amines is 1. The molecule has 0 amide bonds. The van der Waals surface area contributed by atoms with Crippen molar-refractivity contribution in [1.29, 1.82) is 5.26 Å². The van der Waals surface area contributed by atoms with Crippen LogP contribution >= 0.6 is 0 Å².